The lowest BCUT2D eigenvalue weighted by atomic mass is 10.1. The number of carbonyl (C=O) groups excluding carboxylic acids is 1. The Labute approximate surface area is 117 Å². The summed E-state index contributed by atoms with van der Waals surface area (Å²) in [4.78, 5) is 22.0. The molecule has 0 spiro atoms. The topological polar surface area (TPSA) is 93.5 Å². The number of nitrogens with zero attached hydrogens (tertiary/aromatic N) is 1. The summed E-state index contributed by atoms with van der Waals surface area (Å²) in [5.74, 6) is -0.194. The lowest BCUT2D eigenvalue weighted by molar-refractivity contribution is -0.385. The monoisotopic (exact) mass is 281 g/mol. The fraction of sp³-hybridized carbons (Fsp3) is 0.462. The van der Waals surface area contributed by atoms with Gasteiger partial charge in [-0.2, -0.15) is 0 Å². The van der Waals surface area contributed by atoms with Crippen LogP contribution in [0.5, 0.6) is 0 Å². The molecule has 110 valence electrons. The molecule has 0 saturated carbocycles. The van der Waals surface area contributed by atoms with Crippen molar-refractivity contribution in [1.82, 2.24) is 5.32 Å². The van der Waals surface area contributed by atoms with E-state index >= 15 is 0 Å². The minimum atomic E-state index is -0.443. The number of hydrogen-bond donors (Lipinski definition) is 2. The molecule has 1 amide bonds. The Kier molecular flexibility index (Phi) is 5.92. The third-order valence-electron chi connectivity index (χ3n) is 2.77. The predicted molar refractivity (Wildman–Crippen MR) is 75.8 cm³/mol. The summed E-state index contributed by atoms with van der Waals surface area (Å²) in [5.41, 5.74) is 1.12. The van der Waals surface area contributed by atoms with Crippen molar-refractivity contribution in [3.63, 3.8) is 0 Å². The molecule has 1 aromatic rings. The van der Waals surface area contributed by atoms with Crippen molar-refractivity contribution >= 4 is 17.3 Å². The van der Waals surface area contributed by atoms with Gasteiger partial charge in [-0.05, 0) is 19.9 Å². The Morgan fingerprint density at radius 2 is 2.20 bits per heavy atom. The maximum absolute atomic E-state index is 11.7. The van der Waals surface area contributed by atoms with Crippen molar-refractivity contribution < 1.29 is 14.5 Å². The number of anilines is 1. The van der Waals surface area contributed by atoms with Crippen molar-refractivity contribution in [2.24, 2.45) is 0 Å². The van der Waals surface area contributed by atoms with Crippen molar-refractivity contribution in [3.8, 4) is 0 Å². The zero-order chi connectivity index (χ0) is 15.1. The van der Waals surface area contributed by atoms with Crippen LogP contribution in [0.2, 0.25) is 0 Å². The van der Waals surface area contributed by atoms with E-state index in [4.69, 9.17) is 4.74 Å². The highest BCUT2D eigenvalue weighted by Crippen LogP contribution is 2.24. The molecule has 1 atom stereocenters. The second-order valence-corrected chi connectivity index (χ2v) is 4.48. The summed E-state index contributed by atoms with van der Waals surface area (Å²) in [6, 6.07) is 4.63. The summed E-state index contributed by atoms with van der Waals surface area (Å²) < 4.78 is 4.92. The van der Waals surface area contributed by atoms with Crippen molar-refractivity contribution in [3.05, 3.63) is 33.9 Å². The molecule has 0 aromatic heterocycles. The van der Waals surface area contributed by atoms with Gasteiger partial charge in [0.15, 0.2) is 0 Å². The van der Waals surface area contributed by atoms with Crippen LogP contribution in [0.3, 0.4) is 0 Å². The number of methoxy groups -OCH3 is 1. The molecule has 1 rings (SSSR count). The van der Waals surface area contributed by atoms with E-state index in [1.807, 2.05) is 6.92 Å². The smallest absolute Gasteiger partial charge is 0.274 e. The number of nitro groups is 1. The molecule has 1 unspecified atom stereocenters. The Bertz CT molecular complexity index is 491. The summed E-state index contributed by atoms with van der Waals surface area (Å²) in [5, 5.41) is 16.5. The highest BCUT2D eigenvalue weighted by atomic mass is 16.6. The lowest BCUT2D eigenvalue weighted by Crippen LogP contribution is -2.39. The minimum Gasteiger partial charge on any atom is -0.383 e. The third kappa shape index (κ3) is 4.51. The molecule has 0 heterocycles. The fourth-order valence-electron chi connectivity index (χ4n) is 1.81. The standard InChI is InChI=1S/C13H19N3O4/c1-9(8-20-3)15-13(17)7-14-11-5-4-6-12(10(11)2)16(18)19/h4-6,9,14H,7-8H2,1-3H3,(H,15,17). The van der Waals surface area contributed by atoms with Crippen LogP contribution < -0.4 is 10.6 Å². The van der Waals surface area contributed by atoms with Crippen LogP contribution in [0, 0.1) is 17.0 Å². The zero-order valence-electron chi connectivity index (χ0n) is 11.8. The normalized spacial score (nSPS) is 11.8. The van der Waals surface area contributed by atoms with Crippen LogP contribution in [0.15, 0.2) is 18.2 Å². The van der Waals surface area contributed by atoms with Gasteiger partial charge in [-0.15, -0.1) is 0 Å². The highest BCUT2D eigenvalue weighted by molar-refractivity contribution is 5.81. The first-order valence-corrected chi connectivity index (χ1v) is 6.22. The SMILES string of the molecule is COCC(C)NC(=O)CNc1cccc([N+](=O)[O-])c1C. The summed E-state index contributed by atoms with van der Waals surface area (Å²) in [7, 11) is 1.56. The molecular weight excluding hydrogens is 262 g/mol. The molecule has 0 radical (unpaired) electrons. The molecule has 0 aliphatic carbocycles. The predicted octanol–water partition coefficient (Wildman–Crippen LogP) is 1.47. The van der Waals surface area contributed by atoms with Gasteiger partial charge in [0, 0.05) is 30.5 Å². The Balaban J connectivity index is 2.60. The molecule has 0 bridgehead atoms. The first-order chi connectivity index (χ1) is 9.45. The molecule has 0 aliphatic heterocycles. The Morgan fingerprint density at radius 1 is 1.50 bits per heavy atom. The molecule has 20 heavy (non-hydrogen) atoms. The second kappa shape index (κ2) is 7.44. The van der Waals surface area contributed by atoms with Gasteiger partial charge in [0.05, 0.1) is 18.1 Å². The maximum Gasteiger partial charge on any atom is 0.274 e. The van der Waals surface area contributed by atoms with Crippen molar-refractivity contribution in [1.29, 1.82) is 0 Å². The van der Waals surface area contributed by atoms with Gasteiger partial charge in [0.1, 0.15) is 0 Å². The first-order valence-electron chi connectivity index (χ1n) is 6.22. The van der Waals surface area contributed by atoms with E-state index in [-0.39, 0.29) is 24.2 Å². The largest absolute Gasteiger partial charge is 0.383 e. The molecule has 0 saturated heterocycles. The van der Waals surface area contributed by atoms with Crippen molar-refractivity contribution in [2.45, 2.75) is 19.9 Å². The number of ether oxygens (including phenoxy) is 1. The number of rotatable bonds is 7. The summed E-state index contributed by atoms with van der Waals surface area (Å²) in [6.07, 6.45) is 0. The number of carbonyl (C=O) groups is 1. The quantitative estimate of drug-likeness (QED) is 0.583. The van der Waals surface area contributed by atoms with Crippen LogP contribution in [0.1, 0.15) is 12.5 Å². The van der Waals surface area contributed by atoms with Gasteiger partial charge in [0.2, 0.25) is 5.91 Å². The summed E-state index contributed by atoms with van der Waals surface area (Å²) >= 11 is 0. The fourth-order valence-corrected chi connectivity index (χ4v) is 1.81. The Morgan fingerprint density at radius 3 is 2.80 bits per heavy atom. The molecular formula is C13H19N3O4. The molecule has 1 aromatic carbocycles. The second-order valence-electron chi connectivity index (χ2n) is 4.48. The third-order valence-corrected chi connectivity index (χ3v) is 2.77. The lowest BCUT2D eigenvalue weighted by Gasteiger charge is -2.14. The molecule has 0 aliphatic rings. The van der Waals surface area contributed by atoms with Crippen LogP contribution in [0.25, 0.3) is 0 Å². The number of benzene rings is 1. The van der Waals surface area contributed by atoms with Crippen molar-refractivity contribution in [2.75, 3.05) is 25.6 Å². The van der Waals surface area contributed by atoms with E-state index < -0.39 is 4.92 Å². The van der Waals surface area contributed by atoms with E-state index in [1.165, 1.54) is 6.07 Å². The van der Waals surface area contributed by atoms with E-state index in [9.17, 15) is 14.9 Å². The van der Waals surface area contributed by atoms with Crippen LogP contribution in [-0.4, -0.2) is 37.1 Å². The minimum absolute atomic E-state index is 0.0307. The van der Waals surface area contributed by atoms with Gasteiger partial charge in [-0.1, -0.05) is 6.07 Å². The highest BCUT2D eigenvalue weighted by Gasteiger charge is 2.14. The molecule has 2 N–H and O–H groups in total. The van der Waals surface area contributed by atoms with Crippen LogP contribution >= 0.6 is 0 Å². The molecule has 7 nitrogen and oxygen atoms in total. The van der Waals surface area contributed by atoms with E-state index in [0.29, 0.717) is 17.9 Å². The van der Waals surface area contributed by atoms with Crippen LogP contribution in [-0.2, 0) is 9.53 Å². The van der Waals surface area contributed by atoms with Gasteiger partial charge < -0.3 is 15.4 Å². The van der Waals surface area contributed by atoms with E-state index in [0.717, 1.165) is 0 Å². The van der Waals surface area contributed by atoms with Gasteiger partial charge >= 0.3 is 0 Å². The van der Waals surface area contributed by atoms with Gasteiger partial charge in [-0.25, -0.2) is 0 Å². The number of nitrogens with one attached hydrogen (secondary N) is 2. The average Bonchev–Trinajstić information content (AvgIpc) is 2.37. The zero-order valence-corrected chi connectivity index (χ0v) is 11.8. The maximum atomic E-state index is 11.7. The number of hydrogen-bond acceptors (Lipinski definition) is 5. The van der Waals surface area contributed by atoms with Gasteiger partial charge in [-0.3, -0.25) is 14.9 Å². The summed E-state index contributed by atoms with van der Waals surface area (Å²) in [6.45, 7) is 3.96. The van der Waals surface area contributed by atoms with E-state index in [1.54, 1.807) is 26.2 Å². The number of amides is 1. The number of nitro benzene ring substituents is 1. The van der Waals surface area contributed by atoms with Crippen LogP contribution in [0.4, 0.5) is 11.4 Å². The first kappa shape index (κ1) is 15.9. The Hall–Kier alpha value is -2.15. The molecule has 0 fully saturated rings. The van der Waals surface area contributed by atoms with E-state index in [2.05, 4.69) is 10.6 Å². The van der Waals surface area contributed by atoms with Gasteiger partial charge in [0.25, 0.3) is 5.69 Å². The molecule has 7 heteroatoms. The average molecular weight is 281 g/mol.